The third-order valence-corrected chi connectivity index (χ3v) is 4.16. The SMILES string of the molecule is O=C(O)c1ccc(CCNC(=O)c2cccn2Cc2ccccc2)cc1. The Labute approximate surface area is 151 Å². The fourth-order valence-electron chi connectivity index (χ4n) is 2.76. The highest BCUT2D eigenvalue weighted by molar-refractivity contribution is 5.92. The summed E-state index contributed by atoms with van der Waals surface area (Å²) in [7, 11) is 0. The third kappa shape index (κ3) is 4.39. The van der Waals surface area contributed by atoms with E-state index in [0.29, 0.717) is 25.2 Å². The molecule has 0 saturated carbocycles. The Morgan fingerprint density at radius 2 is 1.62 bits per heavy atom. The summed E-state index contributed by atoms with van der Waals surface area (Å²) in [4.78, 5) is 23.3. The van der Waals surface area contributed by atoms with E-state index < -0.39 is 5.97 Å². The first kappa shape index (κ1) is 17.5. The molecule has 0 fully saturated rings. The van der Waals surface area contributed by atoms with E-state index in [1.807, 2.05) is 47.2 Å². The monoisotopic (exact) mass is 348 g/mol. The van der Waals surface area contributed by atoms with Gasteiger partial charge in [-0.15, -0.1) is 0 Å². The number of carbonyl (C=O) groups excluding carboxylic acids is 1. The second-order valence-corrected chi connectivity index (χ2v) is 6.01. The zero-order valence-corrected chi connectivity index (χ0v) is 14.3. The van der Waals surface area contributed by atoms with Crippen molar-refractivity contribution in [3.63, 3.8) is 0 Å². The van der Waals surface area contributed by atoms with Gasteiger partial charge in [-0.1, -0.05) is 42.5 Å². The van der Waals surface area contributed by atoms with Crippen LogP contribution < -0.4 is 5.32 Å². The summed E-state index contributed by atoms with van der Waals surface area (Å²) in [5.41, 5.74) is 3.00. The van der Waals surface area contributed by atoms with Crippen LogP contribution in [-0.2, 0) is 13.0 Å². The van der Waals surface area contributed by atoms with Gasteiger partial charge in [-0.3, -0.25) is 4.79 Å². The van der Waals surface area contributed by atoms with Crippen LogP contribution in [0.1, 0.15) is 32.0 Å². The molecule has 1 amide bonds. The van der Waals surface area contributed by atoms with Gasteiger partial charge in [0.25, 0.3) is 5.91 Å². The fraction of sp³-hybridized carbons (Fsp3) is 0.143. The Morgan fingerprint density at radius 1 is 0.885 bits per heavy atom. The van der Waals surface area contributed by atoms with Gasteiger partial charge in [-0.25, -0.2) is 4.79 Å². The first-order chi connectivity index (χ1) is 12.6. The lowest BCUT2D eigenvalue weighted by Crippen LogP contribution is -2.28. The van der Waals surface area contributed by atoms with Crippen LogP contribution in [0.15, 0.2) is 72.9 Å². The van der Waals surface area contributed by atoms with Crippen molar-refractivity contribution in [2.24, 2.45) is 0 Å². The van der Waals surface area contributed by atoms with Crippen molar-refractivity contribution in [2.75, 3.05) is 6.54 Å². The molecule has 0 saturated heterocycles. The van der Waals surface area contributed by atoms with Gasteiger partial charge in [0.15, 0.2) is 0 Å². The summed E-state index contributed by atoms with van der Waals surface area (Å²) in [6.45, 7) is 1.13. The molecule has 0 bridgehead atoms. The first-order valence-electron chi connectivity index (χ1n) is 8.43. The highest BCUT2D eigenvalue weighted by Gasteiger charge is 2.10. The van der Waals surface area contributed by atoms with E-state index in [0.717, 1.165) is 11.1 Å². The molecule has 26 heavy (non-hydrogen) atoms. The van der Waals surface area contributed by atoms with E-state index in [9.17, 15) is 9.59 Å². The zero-order valence-electron chi connectivity index (χ0n) is 14.3. The molecule has 1 aromatic heterocycles. The molecule has 5 heteroatoms. The number of aromatic nitrogens is 1. The lowest BCUT2D eigenvalue weighted by molar-refractivity contribution is 0.0696. The van der Waals surface area contributed by atoms with Crippen LogP contribution in [0.2, 0.25) is 0 Å². The predicted molar refractivity (Wildman–Crippen MR) is 99.4 cm³/mol. The van der Waals surface area contributed by atoms with Crippen molar-refractivity contribution in [1.82, 2.24) is 9.88 Å². The molecule has 2 aromatic carbocycles. The number of benzene rings is 2. The second kappa shape index (κ2) is 8.16. The smallest absolute Gasteiger partial charge is 0.335 e. The van der Waals surface area contributed by atoms with E-state index in [4.69, 9.17) is 5.11 Å². The topological polar surface area (TPSA) is 71.3 Å². The largest absolute Gasteiger partial charge is 0.478 e. The molecule has 3 aromatic rings. The molecule has 0 atom stereocenters. The first-order valence-corrected chi connectivity index (χ1v) is 8.43. The Hall–Kier alpha value is -3.34. The average Bonchev–Trinajstić information content (AvgIpc) is 3.11. The predicted octanol–water partition coefficient (Wildman–Crippen LogP) is 3.21. The average molecular weight is 348 g/mol. The number of nitrogens with one attached hydrogen (secondary N) is 1. The van der Waals surface area contributed by atoms with Crippen molar-refractivity contribution in [1.29, 1.82) is 0 Å². The highest BCUT2D eigenvalue weighted by Crippen LogP contribution is 2.08. The van der Waals surface area contributed by atoms with Crippen LogP contribution in [0.25, 0.3) is 0 Å². The lowest BCUT2D eigenvalue weighted by atomic mass is 10.1. The fourth-order valence-corrected chi connectivity index (χ4v) is 2.76. The summed E-state index contributed by atoms with van der Waals surface area (Å²) in [5.74, 6) is -1.06. The maximum Gasteiger partial charge on any atom is 0.335 e. The maximum atomic E-state index is 12.4. The summed E-state index contributed by atoms with van der Waals surface area (Å²) >= 11 is 0. The Kier molecular flexibility index (Phi) is 5.49. The molecule has 132 valence electrons. The third-order valence-electron chi connectivity index (χ3n) is 4.16. The number of nitrogens with zero attached hydrogens (tertiary/aromatic N) is 1. The van der Waals surface area contributed by atoms with Crippen LogP contribution >= 0.6 is 0 Å². The van der Waals surface area contributed by atoms with E-state index in [-0.39, 0.29) is 11.5 Å². The molecule has 5 nitrogen and oxygen atoms in total. The van der Waals surface area contributed by atoms with Crippen LogP contribution in [0.4, 0.5) is 0 Å². The number of carboxylic acid groups (broad SMARTS) is 1. The number of hydrogen-bond acceptors (Lipinski definition) is 2. The minimum absolute atomic E-state index is 0.118. The Morgan fingerprint density at radius 3 is 2.31 bits per heavy atom. The van der Waals surface area contributed by atoms with Crippen LogP contribution in [0.3, 0.4) is 0 Å². The van der Waals surface area contributed by atoms with Gasteiger partial charge in [-0.05, 0) is 41.8 Å². The number of carboxylic acids is 1. The summed E-state index contributed by atoms with van der Waals surface area (Å²) in [6.07, 6.45) is 2.54. The van der Waals surface area contributed by atoms with Crippen molar-refractivity contribution in [3.8, 4) is 0 Å². The number of aromatic carboxylic acids is 1. The molecule has 0 radical (unpaired) electrons. The Bertz CT molecular complexity index is 883. The van der Waals surface area contributed by atoms with Crippen molar-refractivity contribution < 1.29 is 14.7 Å². The zero-order chi connectivity index (χ0) is 18.4. The van der Waals surface area contributed by atoms with Gasteiger partial charge in [0.2, 0.25) is 0 Å². The quantitative estimate of drug-likeness (QED) is 0.689. The van der Waals surface area contributed by atoms with Gasteiger partial charge in [0, 0.05) is 19.3 Å². The summed E-state index contributed by atoms with van der Waals surface area (Å²) in [6, 6.07) is 20.3. The standard InChI is InChI=1S/C21H20N2O3/c24-20(22-13-12-16-8-10-18(11-9-16)21(25)26)19-7-4-14-23(19)15-17-5-2-1-3-6-17/h1-11,14H,12-13,15H2,(H,22,24)(H,25,26). The lowest BCUT2D eigenvalue weighted by Gasteiger charge is -2.10. The molecule has 3 rings (SSSR count). The van der Waals surface area contributed by atoms with E-state index in [1.54, 1.807) is 30.3 Å². The molecule has 2 N–H and O–H groups in total. The van der Waals surface area contributed by atoms with E-state index >= 15 is 0 Å². The highest BCUT2D eigenvalue weighted by atomic mass is 16.4. The van der Waals surface area contributed by atoms with E-state index in [1.165, 1.54) is 0 Å². The van der Waals surface area contributed by atoms with Gasteiger partial charge in [0.05, 0.1) is 5.56 Å². The van der Waals surface area contributed by atoms with Gasteiger partial charge in [-0.2, -0.15) is 0 Å². The number of hydrogen-bond donors (Lipinski definition) is 2. The normalized spacial score (nSPS) is 10.5. The molecule has 1 heterocycles. The van der Waals surface area contributed by atoms with Gasteiger partial charge in [0.1, 0.15) is 5.69 Å². The van der Waals surface area contributed by atoms with Crippen LogP contribution in [-0.4, -0.2) is 28.1 Å². The maximum absolute atomic E-state index is 12.4. The molecule has 0 aliphatic rings. The second-order valence-electron chi connectivity index (χ2n) is 6.01. The van der Waals surface area contributed by atoms with Gasteiger partial charge >= 0.3 is 5.97 Å². The van der Waals surface area contributed by atoms with E-state index in [2.05, 4.69) is 5.32 Å². The summed E-state index contributed by atoms with van der Waals surface area (Å²) in [5, 5.41) is 11.8. The molecule has 0 aliphatic heterocycles. The minimum Gasteiger partial charge on any atom is -0.478 e. The minimum atomic E-state index is -0.941. The number of amides is 1. The molecule has 0 aliphatic carbocycles. The molecule has 0 unspecified atom stereocenters. The number of rotatable bonds is 7. The van der Waals surface area contributed by atoms with Crippen LogP contribution in [0.5, 0.6) is 0 Å². The van der Waals surface area contributed by atoms with Gasteiger partial charge < -0.3 is 15.0 Å². The van der Waals surface area contributed by atoms with Crippen molar-refractivity contribution >= 4 is 11.9 Å². The molecular formula is C21H20N2O3. The number of carbonyl (C=O) groups is 2. The molecule has 0 spiro atoms. The van der Waals surface area contributed by atoms with Crippen molar-refractivity contribution in [3.05, 3.63) is 95.3 Å². The summed E-state index contributed by atoms with van der Waals surface area (Å²) < 4.78 is 1.92. The van der Waals surface area contributed by atoms with Crippen molar-refractivity contribution in [2.45, 2.75) is 13.0 Å². The Balaban J connectivity index is 1.55. The molecular weight excluding hydrogens is 328 g/mol. The van der Waals surface area contributed by atoms with Crippen LogP contribution in [0, 0.1) is 0 Å².